The first-order valence-corrected chi connectivity index (χ1v) is 10.2. The molecule has 5 nitrogen and oxygen atoms in total. The van der Waals surface area contributed by atoms with Gasteiger partial charge in [0.1, 0.15) is 0 Å². The van der Waals surface area contributed by atoms with E-state index >= 15 is 0 Å². The smallest absolute Gasteiger partial charge is 0.234 e. The van der Waals surface area contributed by atoms with E-state index in [1.54, 1.807) is 6.08 Å². The molecule has 0 unspecified atom stereocenters. The standard InChI is InChI=1S/C19H16BrClN4OS/c1-2-11-25-18(15-5-3-4-6-16(15)21)23-24-19(25)27-12-17(26)22-14-9-7-13(20)8-10-14/h2-10H,1,11-12H2,(H,22,26). The second kappa shape index (κ2) is 9.21. The minimum atomic E-state index is -0.116. The van der Waals surface area contributed by atoms with Crippen molar-refractivity contribution in [1.29, 1.82) is 0 Å². The molecule has 0 spiro atoms. The van der Waals surface area contributed by atoms with Crippen LogP contribution in [0.15, 0.2) is 70.8 Å². The van der Waals surface area contributed by atoms with Gasteiger partial charge in [0, 0.05) is 22.3 Å². The van der Waals surface area contributed by atoms with Crippen molar-refractivity contribution in [2.45, 2.75) is 11.7 Å². The maximum Gasteiger partial charge on any atom is 0.234 e. The van der Waals surface area contributed by atoms with Crippen molar-refractivity contribution in [2.24, 2.45) is 0 Å². The van der Waals surface area contributed by atoms with Crippen LogP contribution >= 0.6 is 39.3 Å². The summed E-state index contributed by atoms with van der Waals surface area (Å²) in [6.45, 7) is 4.31. The molecule has 0 aliphatic heterocycles. The largest absolute Gasteiger partial charge is 0.325 e. The molecule has 8 heteroatoms. The van der Waals surface area contributed by atoms with E-state index in [0.29, 0.717) is 22.5 Å². The van der Waals surface area contributed by atoms with E-state index in [1.807, 2.05) is 53.1 Å². The fourth-order valence-corrected chi connectivity index (χ4v) is 3.62. The molecule has 1 N–H and O–H groups in total. The minimum absolute atomic E-state index is 0.116. The normalized spacial score (nSPS) is 10.6. The molecule has 0 fully saturated rings. The number of carbonyl (C=O) groups excluding carboxylic acids is 1. The highest BCUT2D eigenvalue weighted by Crippen LogP contribution is 2.29. The van der Waals surface area contributed by atoms with Crippen LogP contribution < -0.4 is 5.32 Å². The molecule has 0 saturated carbocycles. The van der Waals surface area contributed by atoms with Gasteiger partial charge in [-0.25, -0.2) is 0 Å². The Labute approximate surface area is 175 Å². The van der Waals surface area contributed by atoms with E-state index < -0.39 is 0 Å². The molecule has 138 valence electrons. The molecule has 27 heavy (non-hydrogen) atoms. The van der Waals surface area contributed by atoms with Crippen molar-refractivity contribution in [2.75, 3.05) is 11.1 Å². The van der Waals surface area contributed by atoms with Crippen LogP contribution in [-0.4, -0.2) is 26.4 Å². The molecule has 0 atom stereocenters. The van der Waals surface area contributed by atoms with E-state index in [0.717, 1.165) is 15.7 Å². The average molecular weight is 464 g/mol. The second-order valence-corrected chi connectivity index (χ2v) is 7.79. The molecule has 3 aromatic rings. The predicted octanol–water partition coefficient (Wildman–Crippen LogP) is 5.28. The molecule has 1 heterocycles. The number of anilines is 1. The fourth-order valence-electron chi connectivity index (χ4n) is 2.39. The van der Waals surface area contributed by atoms with Crippen LogP contribution in [0.25, 0.3) is 11.4 Å². The maximum absolute atomic E-state index is 12.2. The van der Waals surface area contributed by atoms with E-state index in [9.17, 15) is 4.79 Å². The first-order valence-electron chi connectivity index (χ1n) is 8.05. The Bertz CT molecular complexity index is 959. The lowest BCUT2D eigenvalue weighted by molar-refractivity contribution is -0.113. The highest BCUT2D eigenvalue weighted by molar-refractivity contribution is 9.10. The van der Waals surface area contributed by atoms with Crippen LogP contribution in [0.4, 0.5) is 5.69 Å². The third-order valence-electron chi connectivity index (χ3n) is 3.60. The number of rotatable bonds is 7. The van der Waals surface area contributed by atoms with Gasteiger partial charge in [-0.2, -0.15) is 0 Å². The molecule has 1 amide bonds. The van der Waals surface area contributed by atoms with Crippen molar-refractivity contribution in [3.63, 3.8) is 0 Å². The molecular weight excluding hydrogens is 448 g/mol. The van der Waals surface area contributed by atoms with Crippen LogP contribution in [0.5, 0.6) is 0 Å². The summed E-state index contributed by atoms with van der Waals surface area (Å²) in [5.74, 6) is 0.750. The van der Waals surface area contributed by atoms with Gasteiger partial charge in [-0.05, 0) is 36.4 Å². The van der Waals surface area contributed by atoms with Crippen molar-refractivity contribution in [1.82, 2.24) is 14.8 Å². The highest BCUT2D eigenvalue weighted by Gasteiger charge is 2.16. The quantitative estimate of drug-likeness (QED) is 0.383. The number of thioether (sulfide) groups is 1. The predicted molar refractivity (Wildman–Crippen MR) is 114 cm³/mol. The number of nitrogens with one attached hydrogen (secondary N) is 1. The van der Waals surface area contributed by atoms with Crippen molar-refractivity contribution < 1.29 is 4.79 Å². The summed E-state index contributed by atoms with van der Waals surface area (Å²) in [6.07, 6.45) is 1.76. The van der Waals surface area contributed by atoms with Gasteiger partial charge in [-0.1, -0.05) is 57.5 Å². The summed E-state index contributed by atoms with van der Waals surface area (Å²) >= 11 is 11.0. The summed E-state index contributed by atoms with van der Waals surface area (Å²) in [5, 5.41) is 12.6. The summed E-state index contributed by atoms with van der Waals surface area (Å²) in [6, 6.07) is 14.9. The zero-order chi connectivity index (χ0) is 19.2. The van der Waals surface area contributed by atoms with Gasteiger partial charge in [-0.3, -0.25) is 9.36 Å². The first-order chi connectivity index (χ1) is 13.1. The minimum Gasteiger partial charge on any atom is -0.325 e. The van der Waals surface area contributed by atoms with Gasteiger partial charge in [0.2, 0.25) is 5.91 Å². The number of nitrogens with zero attached hydrogens (tertiary/aromatic N) is 3. The average Bonchev–Trinajstić information content (AvgIpc) is 3.05. The molecule has 0 saturated heterocycles. The Morgan fingerprint density at radius 3 is 2.67 bits per heavy atom. The summed E-state index contributed by atoms with van der Waals surface area (Å²) in [7, 11) is 0. The van der Waals surface area contributed by atoms with Crippen molar-refractivity contribution >= 4 is 50.9 Å². The van der Waals surface area contributed by atoms with Crippen molar-refractivity contribution in [3.05, 3.63) is 70.7 Å². The number of benzene rings is 2. The zero-order valence-corrected chi connectivity index (χ0v) is 17.4. The molecular formula is C19H16BrClN4OS. The van der Waals surface area contributed by atoms with E-state index in [1.165, 1.54) is 11.8 Å². The van der Waals surface area contributed by atoms with Crippen LogP contribution in [0.1, 0.15) is 0 Å². The van der Waals surface area contributed by atoms with Crippen LogP contribution in [0.3, 0.4) is 0 Å². The second-order valence-electron chi connectivity index (χ2n) is 5.53. The lowest BCUT2D eigenvalue weighted by Gasteiger charge is -2.09. The van der Waals surface area contributed by atoms with Gasteiger partial charge in [0.15, 0.2) is 11.0 Å². The van der Waals surface area contributed by atoms with Gasteiger partial charge in [0.05, 0.1) is 10.8 Å². The topological polar surface area (TPSA) is 59.8 Å². The van der Waals surface area contributed by atoms with Crippen LogP contribution in [0, 0.1) is 0 Å². The lowest BCUT2D eigenvalue weighted by atomic mass is 10.2. The van der Waals surface area contributed by atoms with E-state index in [-0.39, 0.29) is 11.7 Å². The van der Waals surface area contributed by atoms with E-state index in [2.05, 4.69) is 38.0 Å². The Balaban J connectivity index is 1.73. The Kier molecular flexibility index (Phi) is 6.71. The Morgan fingerprint density at radius 1 is 1.22 bits per heavy atom. The molecule has 3 rings (SSSR count). The van der Waals surface area contributed by atoms with Gasteiger partial charge < -0.3 is 5.32 Å². The molecule has 0 radical (unpaired) electrons. The van der Waals surface area contributed by atoms with Gasteiger partial charge in [0.25, 0.3) is 0 Å². The number of aromatic nitrogens is 3. The summed E-state index contributed by atoms with van der Waals surface area (Å²) in [5.41, 5.74) is 1.53. The van der Waals surface area contributed by atoms with Gasteiger partial charge >= 0.3 is 0 Å². The number of amides is 1. The number of carbonyl (C=O) groups is 1. The third-order valence-corrected chi connectivity index (χ3v) is 5.43. The Morgan fingerprint density at radius 2 is 1.96 bits per heavy atom. The molecule has 1 aromatic heterocycles. The molecule has 2 aromatic carbocycles. The highest BCUT2D eigenvalue weighted by atomic mass is 79.9. The number of hydrogen-bond donors (Lipinski definition) is 1. The number of allylic oxidation sites excluding steroid dienone is 1. The molecule has 0 aliphatic rings. The molecule has 0 aliphatic carbocycles. The van der Waals surface area contributed by atoms with Crippen molar-refractivity contribution in [3.8, 4) is 11.4 Å². The summed E-state index contributed by atoms with van der Waals surface area (Å²) < 4.78 is 2.85. The number of hydrogen-bond acceptors (Lipinski definition) is 4. The Hall–Kier alpha value is -2.09. The van der Waals surface area contributed by atoms with Crippen LogP contribution in [0.2, 0.25) is 5.02 Å². The molecule has 0 bridgehead atoms. The third kappa shape index (κ3) is 5.00. The van der Waals surface area contributed by atoms with Crippen LogP contribution in [-0.2, 0) is 11.3 Å². The zero-order valence-electron chi connectivity index (χ0n) is 14.2. The lowest BCUT2D eigenvalue weighted by Crippen LogP contribution is -2.14. The number of halogens is 2. The first kappa shape index (κ1) is 19.7. The monoisotopic (exact) mass is 462 g/mol. The van der Waals surface area contributed by atoms with E-state index in [4.69, 9.17) is 11.6 Å². The van der Waals surface area contributed by atoms with Gasteiger partial charge in [-0.15, -0.1) is 16.8 Å². The SMILES string of the molecule is C=CCn1c(SCC(=O)Nc2ccc(Br)cc2)nnc1-c1ccccc1Cl. The maximum atomic E-state index is 12.2. The summed E-state index contributed by atoms with van der Waals surface area (Å²) in [4.78, 5) is 12.2. The fraction of sp³-hybridized carbons (Fsp3) is 0.105.